The highest BCUT2D eigenvalue weighted by Crippen LogP contribution is 2.29. The first kappa shape index (κ1) is 17.6. The molecule has 0 bridgehead atoms. The lowest BCUT2D eigenvalue weighted by Gasteiger charge is -2.32. The van der Waals surface area contributed by atoms with E-state index < -0.39 is 5.60 Å². The van der Waals surface area contributed by atoms with Crippen LogP contribution in [0, 0.1) is 5.82 Å². The highest BCUT2D eigenvalue weighted by molar-refractivity contribution is 5.85. The number of aryl methyl sites for hydroxylation is 1. The predicted molar refractivity (Wildman–Crippen MR) is 92.4 cm³/mol. The summed E-state index contributed by atoms with van der Waals surface area (Å²) in [6.07, 6.45) is 1.39. The summed E-state index contributed by atoms with van der Waals surface area (Å²) in [4.78, 5) is 12.5. The van der Waals surface area contributed by atoms with Gasteiger partial charge >= 0.3 is 0 Å². The fraction of sp³-hybridized carbons (Fsp3) is 0.350. The Morgan fingerprint density at radius 3 is 2.80 bits per heavy atom. The van der Waals surface area contributed by atoms with E-state index in [0.717, 1.165) is 11.1 Å². The zero-order valence-electron chi connectivity index (χ0n) is 14.2. The summed E-state index contributed by atoms with van der Waals surface area (Å²) in [5.74, 6) is -0.723. The van der Waals surface area contributed by atoms with E-state index in [9.17, 15) is 14.3 Å². The molecule has 2 aromatic carbocycles. The van der Waals surface area contributed by atoms with E-state index in [1.165, 1.54) is 18.7 Å². The molecule has 1 aliphatic rings. The number of aliphatic hydroxyl groups is 1. The number of hydrogen-bond donors (Lipinski definition) is 2. The van der Waals surface area contributed by atoms with E-state index in [1.54, 1.807) is 12.1 Å². The Labute approximate surface area is 146 Å². The van der Waals surface area contributed by atoms with Crippen LogP contribution in [-0.2, 0) is 35.5 Å². The molecule has 1 aliphatic carbocycles. The van der Waals surface area contributed by atoms with Crippen LogP contribution in [0.1, 0.15) is 28.7 Å². The zero-order valence-corrected chi connectivity index (χ0v) is 14.2. The number of rotatable bonds is 5. The molecule has 0 spiro atoms. The van der Waals surface area contributed by atoms with Gasteiger partial charge in [0.2, 0.25) is 0 Å². The minimum Gasteiger partial charge on any atom is -0.380 e. The third kappa shape index (κ3) is 3.89. The molecule has 2 aromatic rings. The number of hydrogen-bond acceptors (Lipinski definition) is 3. The Hall–Kier alpha value is -2.24. The number of fused-ring (bicyclic) bond motifs is 1. The number of carbonyl (C=O) groups excluding carboxylic acids is 1. The van der Waals surface area contributed by atoms with E-state index in [1.807, 2.05) is 24.3 Å². The van der Waals surface area contributed by atoms with E-state index >= 15 is 0 Å². The third-order valence-corrected chi connectivity index (χ3v) is 4.69. The molecule has 5 heteroatoms. The first-order chi connectivity index (χ1) is 12.0. The van der Waals surface area contributed by atoms with Gasteiger partial charge in [-0.3, -0.25) is 4.79 Å². The minimum atomic E-state index is -1.40. The molecule has 0 fully saturated rings. The summed E-state index contributed by atoms with van der Waals surface area (Å²) >= 11 is 0. The second-order valence-corrected chi connectivity index (χ2v) is 6.52. The maximum atomic E-state index is 13.6. The van der Waals surface area contributed by atoms with Crippen molar-refractivity contribution in [3.63, 3.8) is 0 Å². The maximum absolute atomic E-state index is 13.6. The molecule has 4 nitrogen and oxygen atoms in total. The molecule has 0 heterocycles. The molecule has 0 radical (unpaired) electrons. The summed E-state index contributed by atoms with van der Waals surface area (Å²) in [7, 11) is 1.50. The summed E-state index contributed by atoms with van der Waals surface area (Å²) in [5.41, 5.74) is 2.00. The van der Waals surface area contributed by atoms with Crippen molar-refractivity contribution in [2.24, 2.45) is 0 Å². The lowest BCUT2D eigenvalue weighted by molar-refractivity contribution is -0.141. The minimum absolute atomic E-state index is 0.175. The van der Waals surface area contributed by atoms with Gasteiger partial charge in [0, 0.05) is 25.6 Å². The lowest BCUT2D eigenvalue weighted by atomic mass is 9.80. The van der Waals surface area contributed by atoms with E-state index in [-0.39, 0.29) is 24.9 Å². The average molecular weight is 343 g/mol. The van der Waals surface area contributed by atoms with Gasteiger partial charge in [0.05, 0.1) is 6.61 Å². The quantitative estimate of drug-likeness (QED) is 0.877. The van der Waals surface area contributed by atoms with Crippen LogP contribution < -0.4 is 5.32 Å². The Bertz CT molecular complexity index is 777. The molecule has 1 amide bonds. The number of amides is 1. The van der Waals surface area contributed by atoms with Crippen LogP contribution in [0.15, 0.2) is 42.5 Å². The van der Waals surface area contributed by atoms with E-state index in [0.29, 0.717) is 24.8 Å². The first-order valence-electron chi connectivity index (χ1n) is 8.35. The van der Waals surface area contributed by atoms with Crippen molar-refractivity contribution < 1.29 is 19.0 Å². The van der Waals surface area contributed by atoms with Gasteiger partial charge in [-0.15, -0.1) is 0 Å². The monoisotopic (exact) mass is 343 g/mol. The van der Waals surface area contributed by atoms with Gasteiger partial charge in [-0.25, -0.2) is 4.39 Å². The Balaban J connectivity index is 1.66. The number of benzene rings is 2. The van der Waals surface area contributed by atoms with Crippen molar-refractivity contribution in [3.05, 3.63) is 70.5 Å². The molecule has 3 rings (SSSR count). The fourth-order valence-corrected chi connectivity index (χ4v) is 3.26. The van der Waals surface area contributed by atoms with Crippen LogP contribution in [-0.4, -0.2) is 23.7 Å². The van der Waals surface area contributed by atoms with Crippen LogP contribution >= 0.6 is 0 Å². The molecule has 1 atom stereocenters. The first-order valence-corrected chi connectivity index (χ1v) is 8.35. The molecule has 0 aromatic heterocycles. The van der Waals surface area contributed by atoms with Crippen molar-refractivity contribution in [3.8, 4) is 0 Å². The zero-order chi connectivity index (χ0) is 17.9. The summed E-state index contributed by atoms with van der Waals surface area (Å²) in [6, 6.07) is 12.5. The Morgan fingerprint density at radius 2 is 2.04 bits per heavy atom. The summed E-state index contributed by atoms with van der Waals surface area (Å²) in [5, 5.41) is 13.5. The maximum Gasteiger partial charge on any atom is 0.252 e. The largest absolute Gasteiger partial charge is 0.380 e. The molecule has 0 saturated carbocycles. The number of ether oxygens (including phenoxy) is 1. The highest BCUT2D eigenvalue weighted by Gasteiger charge is 2.38. The normalized spacial score (nSPS) is 19.3. The number of halogens is 1. The highest BCUT2D eigenvalue weighted by atomic mass is 19.1. The molecule has 132 valence electrons. The van der Waals surface area contributed by atoms with Gasteiger partial charge in [0.25, 0.3) is 5.91 Å². The average Bonchev–Trinajstić information content (AvgIpc) is 2.62. The van der Waals surface area contributed by atoms with Crippen molar-refractivity contribution in [2.75, 3.05) is 7.11 Å². The third-order valence-electron chi connectivity index (χ3n) is 4.69. The van der Waals surface area contributed by atoms with Crippen molar-refractivity contribution in [2.45, 2.75) is 38.0 Å². The molecule has 0 saturated heterocycles. The number of methoxy groups -OCH3 is 1. The molecule has 2 N–H and O–H groups in total. The molecule has 1 unspecified atom stereocenters. The number of nitrogens with one attached hydrogen (secondary N) is 1. The number of carbonyl (C=O) groups is 1. The second kappa shape index (κ2) is 7.33. The van der Waals surface area contributed by atoms with Crippen molar-refractivity contribution >= 4 is 5.91 Å². The van der Waals surface area contributed by atoms with Crippen LogP contribution in [0.5, 0.6) is 0 Å². The van der Waals surface area contributed by atoms with E-state index in [4.69, 9.17) is 4.74 Å². The second-order valence-electron chi connectivity index (χ2n) is 6.52. The van der Waals surface area contributed by atoms with Crippen molar-refractivity contribution in [1.82, 2.24) is 5.32 Å². The van der Waals surface area contributed by atoms with Crippen LogP contribution in [0.2, 0.25) is 0 Å². The smallest absolute Gasteiger partial charge is 0.252 e. The van der Waals surface area contributed by atoms with Gasteiger partial charge in [-0.2, -0.15) is 0 Å². The standard InChI is InChI=1S/C20H22FNO3/c1-25-13-17-10-14(6-7-18(17)21)12-22-19(23)20(24)9-8-15-4-2-3-5-16(15)11-20/h2-7,10,24H,8-9,11-13H2,1H3,(H,22,23). The summed E-state index contributed by atoms with van der Waals surface area (Å²) < 4.78 is 18.6. The van der Waals surface area contributed by atoms with Gasteiger partial charge in [-0.05, 0) is 41.7 Å². The molecule has 0 aliphatic heterocycles. The van der Waals surface area contributed by atoms with Gasteiger partial charge in [0.15, 0.2) is 0 Å². The molecular weight excluding hydrogens is 321 g/mol. The van der Waals surface area contributed by atoms with Crippen molar-refractivity contribution in [1.29, 1.82) is 0 Å². The fourth-order valence-electron chi connectivity index (χ4n) is 3.26. The topological polar surface area (TPSA) is 58.6 Å². The van der Waals surface area contributed by atoms with Crippen LogP contribution in [0.4, 0.5) is 4.39 Å². The van der Waals surface area contributed by atoms with Gasteiger partial charge in [0.1, 0.15) is 11.4 Å². The van der Waals surface area contributed by atoms with Gasteiger partial charge < -0.3 is 15.2 Å². The van der Waals surface area contributed by atoms with Gasteiger partial charge in [-0.1, -0.05) is 30.3 Å². The Kier molecular flexibility index (Phi) is 5.16. The Morgan fingerprint density at radius 1 is 1.28 bits per heavy atom. The molecule has 25 heavy (non-hydrogen) atoms. The SMILES string of the molecule is COCc1cc(CNC(=O)C2(O)CCc3ccccc3C2)ccc1F. The van der Waals surface area contributed by atoms with E-state index in [2.05, 4.69) is 5.32 Å². The lowest BCUT2D eigenvalue weighted by Crippen LogP contribution is -2.50. The van der Waals surface area contributed by atoms with Crippen LogP contribution in [0.3, 0.4) is 0 Å². The summed E-state index contributed by atoms with van der Waals surface area (Å²) in [6.45, 7) is 0.411. The predicted octanol–water partition coefficient (Wildman–Crippen LogP) is 2.51. The molecular formula is C20H22FNO3. The van der Waals surface area contributed by atoms with Crippen LogP contribution in [0.25, 0.3) is 0 Å².